The molecule has 0 nitrogen and oxygen atoms in total. The summed E-state index contributed by atoms with van der Waals surface area (Å²) >= 11 is 0. The summed E-state index contributed by atoms with van der Waals surface area (Å²) in [6, 6.07) is 10.3. The zero-order valence-corrected chi connectivity index (χ0v) is 10.4. The standard InChI is InChI=1S/C12H14.C3H8/c1-4-12(10(2)3)11-8-6-5-7-9-11;1-3-2/h4-9H,1H2,2-3H3;3H2,1-2H3. The van der Waals surface area contributed by atoms with E-state index in [0.29, 0.717) is 0 Å². The minimum atomic E-state index is 1.23. The van der Waals surface area contributed by atoms with Crippen molar-refractivity contribution in [2.45, 2.75) is 34.1 Å². The molecule has 1 rings (SSSR count). The summed E-state index contributed by atoms with van der Waals surface area (Å²) in [6.07, 6.45) is 3.16. The largest absolute Gasteiger partial charge is 0.0985 e. The maximum atomic E-state index is 3.80. The predicted molar refractivity (Wildman–Crippen MR) is 70.9 cm³/mol. The minimum absolute atomic E-state index is 1.23. The van der Waals surface area contributed by atoms with Crippen LogP contribution in [-0.2, 0) is 0 Å². The average Bonchev–Trinajstić information content (AvgIpc) is 2.21. The van der Waals surface area contributed by atoms with Gasteiger partial charge in [-0.1, -0.05) is 68.8 Å². The molecule has 0 aliphatic rings. The normalized spacial score (nSPS) is 8.53. The molecule has 82 valence electrons. The van der Waals surface area contributed by atoms with Gasteiger partial charge in [0.1, 0.15) is 0 Å². The Morgan fingerprint density at radius 3 is 1.93 bits per heavy atom. The van der Waals surface area contributed by atoms with Gasteiger partial charge in [-0.3, -0.25) is 0 Å². The molecule has 0 amide bonds. The molecule has 0 radical (unpaired) electrons. The Morgan fingerprint density at radius 1 is 1.13 bits per heavy atom. The van der Waals surface area contributed by atoms with Crippen LogP contribution in [0.2, 0.25) is 0 Å². The van der Waals surface area contributed by atoms with Gasteiger partial charge in [-0.05, 0) is 25.0 Å². The highest BCUT2D eigenvalue weighted by molar-refractivity contribution is 5.75. The van der Waals surface area contributed by atoms with Crippen molar-refractivity contribution >= 4 is 5.57 Å². The molecular formula is C15H22. The van der Waals surface area contributed by atoms with Crippen LogP contribution in [0.25, 0.3) is 5.57 Å². The van der Waals surface area contributed by atoms with E-state index in [1.165, 1.54) is 23.1 Å². The minimum Gasteiger partial charge on any atom is -0.0985 e. The van der Waals surface area contributed by atoms with E-state index in [1.807, 2.05) is 24.3 Å². The lowest BCUT2D eigenvalue weighted by atomic mass is 10.0. The van der Waals surface area contributed by atoms with Crippen LogP contribution in [-0.4, -0.2) is 0 Å². The summed E-state index contributed by atoms with van der Waals surface area (Å²) < 4.78 is 0. The van der Waals surface area contributed by atoms with Gasteiger partial charge >= 0.3 is 0 Å². The number of allylic oxidation sites excluding steroid dienone is 3. The first-order valence-electron chi connectivity index (χ1n) is 5.52. The third-order valence-corrected chi connectivity index (χ3v) is 1.83. The lowest BCUT2D eigenvalue weighted by Gasteiger charge is -2.03. The Labute approximate surface area is 94.3 Å². The maximum Gasteiger partial charge on any atom is -0.0185 e. The lowest BCUT2D eigenvalue weighted by Crippen LogP contribution is -1.81. The highest BCUT2D eigenvalue weighted by atomic mass is 14.0. The quantitative estimate of drug-likeness (QED) is 0.586. The number of hydrogen-bond donors (Lipinski definition) is 0. The first kappa shape index (κ1) is 13.7. The van der Waals surface area contributed by atoms with Gasteiger partial charge in [-0.15, -0.1) is 0 Å². The van der Waals surface area contributed by atoms with Gasteiger partial charge in [-0.25, -0.2) is 0 Å². The number of rotatable bonds is 2. The first-order valence-corrected chi connectivity index (χ1v) is 5.52. The summed E-state index contributed by atoms with van der Waals surface area (Å²) in [4.78, 5) is 0. The molecule has 0 atom stereocenters. The van der Waals surface area contributed by atoms with Crippen LogP contribution >= 0.6 is 0 Å². The molecule has 1 aromatic carbocycles. The summed E-state index contributed by atoms with van der Waals surface area (Å²) in [5, 5.41) is 0. The van der Waals surface area contributed by atoms with Crippen LogP contribution in [0.5, 0.6) is 0 Å². The van der Waals surface area contributed by atoms with E-state index < -0.39 is 0 Å². The van der Waals surface area contributed by atoms with E-state index in [2.05, 4.69) is 46.4 Å². The molecule has 0 spiro atoms. The van der Waals surface area contributed by atoms with E-state index in [9.17, 15) is 0 Å². The van der Waals surface area contributed by atoms with Gasteiger partial charge in [0.15, 0.2) is 0 Å². The van der Waals surface area contributed by atoms with Crippen molar-refractivity contribution in [2.24, 2.45) is 0 Å². The fourth-order valence-corrected chi connectivity index (χ4v) is 1.23. The topological polar surface area (TPSA) is 0 Å². The van der Waals surface area contributed by atoms with Crippen LogP contribution in [0.1, 0.15) is 39.7 Å². The average molecular weight is 202 g/mol. The van der Waals surface area contributed by atoms with Crippen molar-refractivity contribution < 1.29 is 0 Å². The Bertz CT molecular complexity index is 300. The van der Waals surface area contributed by atoms with Crippen LogP contribution in [0.15, 0.2) is 48.6 Å². The second-order valence-electron chi connectivity index (χ2n) is 3.69. The molecule has 0 aliphatic carbocycles. The van der Waals surface area contributed by atoms with Crippen molar-refractivity contribution in [3.8, 4) is 0 Å². The maximum absolute atomic E-state index is 3.80. The van der Waals surface area contributed by atoms with Crippen molar-refractivity contribution in [2.75, 3.05) is 0 Å². The summed E-state index contributed by atoms with van der Waals surface area (Å²) in [6.45, 7) is 12.3. The van der Waals surface area contributed by atoms with E-state index >= 15 is 0 Å². The molecule has 1 aromatic rings. The second kappa shape index (κ2) is 8.05. The smallest absolute Gasteiger partial charge is 0.0185 e. The Kier molecular flexibility index (Phi) is 7.35. The summed E-state index contributed by atoms with van der Waals surface area (Å²) in [5.74, 6) is 0. The van der Waals surface area contributed by atoms with Crippen molar-refractivity contribution in [1.82, 2.24) is 0 Å². The Morgan fingerprint density at radius 2 is 1.60 bits per heavy atom. The van der Waals surface area contributed by atoms with Gasteiger partial charge in [0.05, 0.1) is 0 Å². The predicted octanol–water partition coefficient (Wildman–Crippen LogP) is 5.08. The third-order valence-electron chi connectivity index (χ3n) is 1.83. The van der Waals surface area contributed by atoms with E-state index in [4.69, 9.17) is 0 Å². The van der Waals surface area contributed by atoms with E-state index in [-0.39, 0.29) is 0 Å². The molecule has 0 aromatic heterocycles. The SMILES string of the molecule is C=CC(=C(C)C)c1ccccc1.CCC. The monoisotopic (exact) mass is 202 g/mol. The molecular weight excluding hydrogens is 180 g/mol. The van der Waals surface area contributed by atoms with E-state index in [0.717, 1.165) is 0 Å². The molecule has 0 heteroatoms. The molecule has 0 N–H and O–H groups in total. The van der Waals surface area contributed by atoms with Crippen molar-refractivity contribution in [3.05, 3.63) is 54.1 Å². The number of benzene rings is 1. The highest BCUT2D eigenvalue weighted by Crippen LogP contribution is 2.18. The molecule has 0 bridgehead atoms. The van der Waals surface area contributed by atoms with Crippen LogP contribution < -0.4 is 0 Å². The van der Waals surface area contributed by atoms with Gasteiger partial charge < -0.3 is 0 Å². The van der Waals surface area contributed by atoms with Crippen LogP contribution in [0, 0.1) is 0 Å². The molecule has 0 fully saturated rings. The molecule has 15 heavy (non-hydrogen) atoms. The number of hydrogen-bond acceptors (Lipinski definition) is 0. The molecule has 0 aliphatic heterocycles. The van der Waals surface area contributed by atoms with Crippen LogP contribution in [0.4, 0.5) is 0 Å². The summed E-state index contributed by atoms with van der Waals surface area (Å²) in [5.41, 5.74) is 3.78. The van der Waals surface area contributed by atoms with Crippen molar-refractivity contribution in [1.29, 1.82) is 0 Å². The Hall–Kier alpha value is -1.30. The zero-order chi connectivity index (χ0) is 11.7. The second-order valence-corrected chi connectivity index (χ2v) is 3.69. The van der Waals surface area contributed by atoms with Gasteiger partial charge in [0.2, 0.25) is 0 Å². The Balaban J connectivity index is 0.000000583. The lowest BCUT2D eigenvalue weighted by molar-refractivity contribution is 1.09. The molecule has 0 unspecified atom stereocenters. The van der Waals surface area contributed by atoms with Crippen LogP contribution in [0.3, 0.4) is 0 Å². The van der Waals surface area contributed by atoms with E-state index in [1.54, 1.807) is 0 Å². The first-order chi connectivity index (χ1) is 7.17. The van der Waals surface area contributed by atoms with Crippen molar-refractivity contribution in [3.63, 3.8) is 0 Å². The summed E-state index contributed by atoms with van der Waals surface area (Å²) in [7, 11) is 0. The van der Waals surface area contributed by atoms with Gasteiger partial charge in [0.25, 0.3) is 0 Å². The zero-order valence-electron chi connectivity index (χ0n) is 10.4. The molecule has 0 saturated carbocycles. The third kappa shape index (κ3) is 5.21. The molecule has 0 saturated heterocycles. The van der Waals surface area contributed by atoms with Gasteiger partial charge in [0, 0.05) is 0 Å². The fraction of sp³-hybridized carbons (Fsp3) is 0.333. The van der Waals surface area contributed by atoms with Gasteiger partial charge in [-0.2, -0.15) is 0 Å². The molecule has 0 heterocycles. The fourth-order valence-electron chi connectivity index (χ4n) is 1.23. The highest BCUT2D eigenvalue weighted by Gasteiger charge is 1.96.